The maximum atomic E-state index is 13.0. The first-order valence-corrected chi connectivity index (χ1v) is 8.26. The molecule has 0 radical (unpaired) electrons. The van der Waals surface area contributed by atoms with E-state index in [1.165, 1.54) is 23.8 Å². The number of aromatic nitrogens is 2. The Kier molecular flexibility index (Phi) is 3.76. The molecule has 1 aromatic heterocycles. The predicted octanol–water partition coefficient (Wildman–Crippen LogP) is 3.30. The first kappa shape index (κ1) is 15.4. The van der Waals surface area contributed by atoms with E-state index in [-0.39, 0.29) is 5.91 Å². The summed E-state index contributed by atoms with van der Waals surface area (Å²) in [6.45, 7) is 0.663. The molecule has 0 aliphatic carbocycles. The van der Waals surface area contributed by atoms with Gasteiger partial charge < -0.3 is 9.64 Å². The number of benzene rings is 2. The van der Waals surface area contributed by atoms with E-state index >= 15 is 0 Å². The number of carbonyl (C=O) groups excluding carboxylic acids is 1. The van der Waals surface area contributed by atoms with Crippen molar-refractivity contribution < 1.29 is 9.53 Å². The molecule has 1 aliphatic rings. The van der Waals surface area contributed by atoms with Gasteiger partial charge in [-0.25, -0.2) is 0 Å². The van der Waals surface area contributed by atoms with Crippen molar-refractivity contribution in [2.75, 3.05) is 18.6 Å². The van der Waals surface area contributed by atoms with Gasteiger partial charge in [-0.05, 0) is 29.2 Å². The minimum atomic E-state index is -0.0751. The zero-order valence-corrected chi connectivity index (χ0v) is 14.3. The minimum absolute atomic E-state index is 0.0751. The number of nitrogens with zero attached hydrogens (tertiary/aromatic N) is 3. The van der Waals surface area contributed by atoms with Crippen molar-refractivity contribution in [3.05, 3.63) is 65.9 Å². The number of hydrogen-bond donors (Lipinski definition) is 0. The van der Waals surface area contributed by atoms with Gasteiger partial charge in [0.15, 0.2) is 0 Å². The molecule has 0 saturated heterocycles. The van der Waals surface area contributed by atoms with Crippen molar-refractivity contribution in [1.82, 2.24) is 9.78 Å². The van der Waals surface area contributed by atoms with E-state index in [0.717, 1.165) is 12.1 Å². The minimum Gasteiger partial charge on any atom is -0.479 e. The van der Waals surface area contributed by atoms with E-state index in [2.05, 4.69) is 23.3 Å². The molecule has 0 saturated carbocycles. The second kappa shape index (κ2) is 6.09. The van der Waals surface area contributed by atoms with E-state index in [0.29, 0.717) is 18.0 Å². The third-order valence-electron chi connectivity index (χ3n) is 4.58. The highest BCUT2D eigenvalue weighted by Crippen LogP contribution is 2.37. The molecule has 0 bridgehead atoms. The second-order valence-electron chi connectivity index (χ2n) is 6.10. The molecule has 0 N–H and O–H groups in total. The zero-order valence-electron chi connectivity index (χ0n) is 14.3. The number of carbonyl (C=O) groups is 1. The van der Waals surface area contributed by atoms with Gasteiger partial charge in [0, 0.05) is 25.5 Å². The molecule has 2 aromatic carbocycles. The maximum absolute atomic E-state index is 13.0. The number of amides is 1. The average molecular weight is 333 g/mol. The third-order valence-corrected chi connectivity index (χ3v) is 4.58. The molecule has 25 heavy (non-hydrogen) atoms. The molecule has 2 heterocycles. The Balaban J connectivity index is 1.74. The number of hydrogen-bond acceptors (Lipinski definition) is 3. The van der Waals surface area contributed by atoms with Crippen molar-refractivity contribution in [2.24, 2.45) is 7.05 Å². The van der Waals surface area contributed by atoms with Crippen LogP contribution in [0.3, 0.4) is 0 Å². The van der Waals surface area contributed by atoms with Gasteiger partial charge in [-0.3, -0.25) is 9.48 Å². The molecule has 5 nitrogen and oxygen atoms in total. The van der Waals surface area contributed by atoms with Crippen molar-refractivity contribution in [3.63, 3.8) is 0 Å². The molecule has 0 unspecified atom stereocenters. The molecule has 0 spiro atoms. The lowest BCUT2D eigenvalue weighted by molar-refractivity contribution is 0.0986. The van der Waals surface area contributed by atoms with Gasteiger partial charge in [-0.2, -0.15) is 0 Å². The Morgan fingerprint density at radius 2 is 1.92 bits per heavy atom. The monoisotopic (exact) mass is 333 g/mol. The van der Waals surface area contributed by atoms with Gasteiger partial charge in [0.2, 0.25) is 5.88 Å². The first-order valence-electron chi connectivity index (χ1n) is 8.26. The van der Waals surface area contributed by atoms with Gasteiger partial charge in [0.1, 0.15) is 5.56 Å². The smallest absolute Gasteiger partial charge is 0.265 e. The van der Waals surface area contributed by atoms with Crippen LogP contribution >= 0.6 is 0 Å². The van der Waals surface area contributed by atoms with Crippen LogP contribution in [0.5, 0.6) is 5.88 Å². The highest BCUT2D eigenvalue weighted by Gasteiger charge is 2.30. The topological polar surface area (TPSA) is 47.4 Å². The lowest BCUT2D eigenvalue weighted by atomic mass is 9.98. The van der Waals surface area contributed by atoms with Crippen molar-refractivity contribution in [3.8, 4) is 17.0 Å². The normalized spacial score (nSPS) is 13.0. The quantitative estimate of drug-likeness (QED) is 0.739. The van der Waals surface area contributed by atoms with Crippen LogP contribution in [0.4, 0.5) is 5.69 Å². The lowest BCUT2D eigenvalue weighted by Gasteiger charge is -2.17. The highest BCUT2D eigenvalue weighted by atomic mass is 16.5. The molecule has 4 rings (SSSR count). The van der Waals surface area contributed by atoms with E-state index in [9.17, 15) is 4.79 Å². The Hall–Kier alpha value is -3.08. The van der Waals surface area contributed by atoms with Gasteiger partial charge in [-0.1, -0.05) is 42.5 Å². The summed E-state index contributed by atoms with van der Waals surface area (Å²) in [5, 5.41) is 4.19. The summed E-state index contributed by atoms with van der Waals surface area (Å²) >= 11 is 0. The first-order chi connectivity index (χ1) is 12.2. The predicted molar refractivity (Wildman–Crippen MR) is 97.0 cm³/mol. The van der Waals surface area contributed by atoms with Crippen LogP contribution in [-0.2, 0) is 13.5 Å². The lowest BCUT2D eigenvalue weighted by Crippen LogP contribution is -2.28. The van der Waals surface area contributed by atoms with E-state index in [1.807, 2.05) is 35.2 Å². The molecule has 1 amide bonds. The number of aryl methyl sites for hydroxylation is 1. The summed E-state index contributed by atoms with van der Waals surface area (Å²) in [7, 11) is 3.31. The van der Waals surface area contributed by atoms with Crippen LogP contribution in [0.1, 0.15) is 15.9 Å². The summed E-state index contributed by atoms with van der Waals surface area (Å²) in [5.74, 6) is 0.286. The summed E-state index contributed by atoms with van der Waals surface area (Å²) in [5.41, 5.74) is 5.03. The van der Waals surface area contributed by atoms with Crippen LogP contribution in [0.2, 0.25) is 0 Å². The van der Waals surface area contributed by atoms with Crippen molar-refractivity contribution in [2.45, 2.75) is 6.42 Å². The van der Waals surface area contributed by atoms with Gasteiger partial charge in [-0.15, -0.1) is 5.10 Å². The molecular formula is C20H19N3O2. The number of rotatable bonds is 3. The number of ether oxygens (including phenoxy) is 1. The number of fused-ring (bicyclic) bond motifs is 1. The standard InChI is InChI=1S/C20H19N3O2/c1-22-13-17(19(21-22)25-2)20(24)23-12-11-16-15(9-6-10-18(16)23)14-7-4-3-5-8-14/h3-10,13H,11-12H2,1-2H3. The van der Waals surface area contributed by atoms with E-state index < -0.39 is 0 Å². The average Bonchev–Trinajstić information content (AvgIpc) is 3.25. The van der Waals surface area contributed by atoms with Crippen molar-refractivity contribution in [1.29, 1.82) is 0 Å². The zero-order chi connectivity index (χ0) is 17.4. The van der Waals surface area contributed by atoms with Crippen LogP contribution < -0.4 is 9.64 Å². The van der Waals surface area contributed by atoms with Gasteiger partial charge >= 0.3 is 0 Å². The van der Waals surface area contributed by atoms with Crippen LogP contribution in [0.25, 0.3) is 11.1 Å². The highest BCUT2D eigenvalue weighted by molar-refractivity contribution is 6.09. The van der Waals surface area contributed by atoms with Crippen LogP contribution in [0, 0.1) is 0 Å². The Morgan fingerprint density at radius 1 is 1.12 bits per heavy atom. The third kappa shape index (κ3) is 2.58. The second-order valence-corrected chi connectivity index (χ2v) is 6.10. The van der Waals surface area contributed by atoms with Crippen LogP contribution in [0.15, 0.2) is 54.7 Å². The molecule has 0 atom stereocenters. The summed E-state index contributed by atoms with van der Waals surface area (Å²) in [4.78, 5) is 14.9. The van der Waals surface area contributed by atoms with E-state index in [4.69, 9.17) is 4.74 Å². The summed E-state index contributed by atoms with van der Waals surface area (Å²) in [6, 6.07) is 16.4. The van der Waals surface area contributed by atoms with Crippen LogP contribution in [-0.4, -0.2) is 29.3 Å². The largest absolute Gasteiger partial charge is 0.479 e. The fraction of sp³-hybridized carbons (Fsp3) is 0.200. The molecule has 0 fully saturated rings. The fourth-order valence-corrected chi connectivity index (χ4v) is 3.44. The maximum Gasteiger partial charge on any atom is 0.265 e. The number of anilines is 1. The summed E-state index contributed by atoms with van der Waals surface area (Å²) < 4.78 is 6.85. The van der Waals surface area contributed by atoms with Crippen molar-refractivity contribution >= 4 is 11.6 Å². The van der Waals surface area contributed by atoms with Gasteiger partial charge in [0.25, 0.3) is 5.91 Å². The molecule has 1 aliphatic heterocycles. The summed E-state index contributed by atoms with van der Waals surface area (Å²) in [6.07, 6.45) is 2.55. The number of methoxy groups -OCH3 is 1. The van der Waals surface area contributed by atoms with Gasteiger partial charge in [0.05, 0.1) is 7.11 Å². The Labute approximate surface area is 146 Å². The molecule has 3 aromatic rings. The fourth-order valence-electron chi connectivity index (χ4n) is 3.44. The molecule has 126 valence electrons. The SMILES string of the molecule is COc1nn(C)cc1C(=O)N1CCc2c(-c3ccccc3)cccc21. The molecular weight excluding hydrogens is 314 g/mol. The molecule has 5 heteroatoms. The Bertz CT molecular complexity index is 931. The Morgan fingerprint density at radius 3 is 2.68 bits per heavy atom. The van der Waals surface area contributed by atoms with E-state index in [1.54, 1.807) is 17.9 Å².